The maximum atomic E-state index is 12.6. The summed E-state index contributed by atoms with van der Waals surface area (Å²) in [4.78, 5) is 26.4. The molecule has 1 aliphatic carbocycles. The molecule has 1 aromatic rings. The van der Waals surface area contributed by atoms with E-state index in [1.165, 1.54) is 39.2 Å². The second kappa shape index (κ2) is 9.69. The summed E-state index contributed by atoms with van der Waals surface area (Å²) in [6.07, 6.45) is 6.14. The molecular weight excluding hydrogens is 330 g/mol. The Morgan fingerprint density at radius 3 is 2.54 bits per heavy atom. The number of aryl methyl sites for hydroxylation is 1. The Bertz CT molecular complexity index is 627. The largest absolute Gasteiger partial charge is 0.375 e. The van der Waals surface area contributed by atoms with Crippen LogP contribution in [-0.2, 0) is 14.3 Å². The van der Waals surface area contributed by atoms with E-state index in [1.54, 1.807) is 12.1 Å². The Kier molecular flexibility index (Phi) is 7.60. The first-order valence-corrected chi connectivity index (χ1v) is 9.34. The number of anilines is 2. The number of carbonyl (C=O) groups excluding carboxylic acids is 2. The summed E-state index contributed by atoms with van der Waals surface area (Å²) in [5, 5.41) is 5.78. The van der Waals surface area contributed by atoms with Gasteiger partial charge < -0.3 is 15.4 Å². The Morgan fingerprint density at radius 2 is 1.92 bits per heavy atom. The van der Waals surface area contributed by atoms with Crippen molar-refractivity contribution >= 4 is 23.2 Å². The highest BCUT2D eigenvalue weighted by Gasteiger charge is 2.26. The number of nitrogens with zero attached hydrogens (tertiary/aromatic N) is 1. The molecule has 6 heteroatoms. The minimum atomic E-state index is -0.199. The van der Waals surface area contributed by atoms with Gasteiger partial charge in [-0.25, -0.2) is 0 Å². The Morgan fingerprint density at radius 1 is 1.23 bits per heavy atom. The van der Waals surface area contributed by atoms with Crippen LogP contribution in [0.1, 0.15) is 44.6 Å². The van der Waals surface area contributed by atoms with E-state index in [0.29, 0.717) is 6.04 Å². The van der Waals surface area contributed by atoms with Gasteiger partial charge in [0.2, 0.25) is 11.8 Å². The van der Waals surface area contributed by atoms with Gasteiger partial charge in [-0.15, -0.1) is 0 Å². The maximum absolute atomic E-state index is 12.6. The molecule has 1 aliphatic rings. The van der Waals surface area contributed by atoms with Gasteiger partial charge in [-0.1, -0.05) is 19.3 Å². The van der Waals surface area contributed by atoms with Crippen molar-refractivity contribution in [1.29, 1.82) is 0 Å². The Labute approximate surface area is 156 Å². The van der Waals surface area contributed by atoms with Crippen molar-refractivity contribution in [1.82, 2.24) is 4.90 Å². The van der Waals surface area contributed by atoms with Crippen LogP contribution in [0, 0.1) is 6.92 Å². The molecule has 26 heavy (non-hydrogen) atoms. The first kappa shape index (κ1) is 20.4. The standard InChI is InChI=1S/C20H31N3O3/c1-14-12-16(10-11-18(14)22-19(24)13-26-4)21-20(25)15(2)23(3)17-8-6-5-7-9-17/h10-12,15,17H,5-9,13H2,1-4H3,(H,21,25)(H,22,24). The number of methoxy groups -OCH3 is 1. The third-order valence-electron chi connectivity index (χ3n) is 5.18. The second-order valence-corrected chi connectivity index (χ2v) is 7.13. The van der Waals surface area contributed by atoms with Crippen molar-refractivity contribution < 1.29 is 14.3 Å². The van der Waals surface area contributed by atoms with E-state index in [9.17, 15) is 9.59 Å². The number of hydrogen-bond donors (Lipinski definition) is 2. The minimum absolute atomic E-state index is 0.00589. The topological polar surface area (TPSA) is 70.7 Å². The maximum Gasteiger partial charge on any atom is 0.250 e. The molecule has 2 rings (SSSR count). The van der Waals surface area contributed by atoms with Gasteiger partial charge in [-0.2, -0.15) is 0 Å². The fraction of sp³-hybridized carbons (Fsp3) is 0.600. The van der Waals surface area contributed by atoms with Crippen LogP contribution in [0.3, 0.4) is 0 Å². The lowest BCUT2D eigenvalue weighted by Crippen LogP contribution is -2.46. The molecule has 2 amide bonds. The number of rotatable bonds is 7. The molecule has 1 aromatic carbocycles. The molecule has 0 heterocycles. The van der Waals surface area contributed by atoms with Crippen molar-refractivity contribution in [2.45, 2.75) is 58.0 Å². The van der Waals surface area contributed by atoms with Gasteiger partial charge in [0.25, 0.3) is 0 Å². The molecule has 144 valence electrons. The number of hydrogen-bond acceptors (Lipinski definition) is 4. The van der Waals surface area contributed by atoms with E-state index in [4.69, 9.17) is 4.74 Å². The smallest absolute Gasteiger partial charge is 0.250 e. The van der Waals surface area contributed by atoms with Gasteiger partial charge >= 0.3 is 0 Å². The first-order chi connectivity index (χ1) is 12.4. The first-order valence-electron chi connectivity index (χ1n) is 9.34. The van der Waals surface area contributed by atoms with E-state index < -0.39 is 0 Å². The van der Waals surface area contributed by atoms with E-state index in [-0.39, 0.29) is 24.5 Å². The molecule has 1 saturated carbocycles. The molecule has 0 saturated heterocycles. The van der Waals surface area contributed by atoms with Gasteiger partial charge in [0, 0.05) is 24.5 Å². The third-order valence-corrected chi connectivity index (χ3v) is 5.18. The lowest BCUT2D eigenvalue weighted by molar-refractivity contribution is -0.121. The van der Waals surface area contributed by atoms with Gasteiger partial charge in [-0.05, 0) is 57.5 Å². The summed E-state index contributed by atoms with van der Waals surface area (Å²) >= 11 is 0. The molecule has 0 aromatic heterocycles. The molecule has 1 fully saturated rings. The quantitative estimate of drug-likeness (QED) is 0.782. The fourth-order valence-corrected chi connectivity index (χ4v) is 3.44. The fourth-order valence-electron chi connectivity index (χ4n) is 3.44. The summed E-state index contributed by atoms with van der Waals surface area (Å²) < 4.78 is 4.82. The molecule has 0 spiro atoms. The summed E-state index contributed by atoms with van der Waals surface area (Å²) in [6.45, 7) is 3.87. The lowest BCUT2D eigenvalue weighted by atomic mass is 9.93. The van der Waals surface area contributed by atoms with Crippen LogP contribution in [0.2, 0.25) is 0 Å². The number of amides is 2. The highest BCUT2D eigenvalue weighted by molar-refractivity contribution is 5.96. The highest BCUT2D eigenvalue weighted by Crippen LogP contribution is 2.24. The van der Waals surface area contributed by atoms with Crippen LogP contribution < -0.4 is 10.6 Å². The molecule has 6 nitrogen and oxygen atoms in total. The number of benzene rings is 1. The predicted octanol–water partition coefficient (Wildman–Crippen LogP) is 3.17. The molecule has 0 bridgehead atoms. The van der Waals surface area contributed by atoms with Crippen molar-refractivity contribution in [3.8, 4) is 0 Å². The molecule has 1 atom stereocenters. The number of likely N-dealkylation sites (N-methyl/N-ethyl adjacent to an activating group) is 1. The molecular formula is C20H31N3O3. The lowest BCUT2D eigenvalue weighted by Gasteiger charge is -2.34. The number of carbonyl (C=O) groups is 2. The van der Waals surface area contributed by atoms with Crippen LogP contribution in [0.5, 0.6) is 0 Å². The number of nitrogens with one attached hydrogen (secondary N) is 2. The van der Waals surface area contributed by atoms with Gasteiger partial charge in [0.05, 0.1) is 6.04 Å². The monoisotopic (exact) mass is 361 g/mol. The SMILES string of the molecule is COCC(=O)Nc1ccc(NC(=O)C(C)N(C)C2CCCCC2)cc1C. The normalized spacial score (nSPS) is 16.3. The van der Waals surface area contributed by atoms with Gasteiger partial charge in [0.15, 0.2) is 0 Å². The minimum Gasteiger partial charge on any atom is -0.375 e. The zero-order valence-corrected chi connectivity index (χ0v) is 16.3. The summed E-state index contributed by atoms with van der Waals surface area (Å²) in [7, 11) is 3.52. The van der Waals surface area contributed by atoms with Gasteiger partial charge in [0.1, 0.15) is 6.61 Å². The molecule has 1 unspecified atom stereocenters. The van der Waals surface area contributed by atoms with E-state index >= 15 is 0 Å². The second-order valence-electron chi connectivity index (χ2n) is 7.13. The summed E-state index contributed by atoms with van der Waals surface area (Å²) in [6, 6.07) is 5.78. The van der Waals surface area contributed by atoms with Crippen molar-refractivity contribution in [3.05, 3.63) is 23.8 Å². The predicted molar refractivity (Wildman–Crippen MR) is 104 cm³/mol. The third kappa shape index (κ3) is 5.54. The average Bonchev–Trinajstić information content (AvgIpc) is 2.63. The van der Waals surface area contributed by atoms with Crippen molar-refractivity contribution in [2.75, 3.05) is 31.4 Å². The van der Waals surface area contributed by atoms with Crippen molar-refractivity contribution in [3.63, 3.8) is 0 Å². The Hall–Kier alpha value is -1.92. The average molecular weight is 361 g/mol. The molecule has 0 radical (unpaired) electrons. The van der Waals surface area contributed by atoms with Crippen LogP contribution in [0.15, 0.2) is 18.2 Å². The summed E-state index contributed by atoms with van der Waals surface area (Å²) in [5.74, 6) is -0.205. The van der Waals surface area contributed by atoms with Crippen molar-refractivity contribution in [2.24, 2.45) is 0 Å². The van der Waals surface area contributed by atoms with Crippen LogP contribution in [-0.4, -0.2) is 49.6 Å². The highest BCUT2D eigenvalue weighted by atomic mass is 16.5. The summed E-state index contributed by atoms with van der Waals surface area (Å²) in [5.41, 5.74) is 2.35. The van der Waals surface area contributed by atoms with Crippen LogP contribution in [0.4, 0.5) is 11.4 Å². The Balaban J connectivity index is 1.95. The zero-order chi connectivity index (χ0) is 19.1. The van der Waals surface area contributed by atoms with E-state index in [1.807, 2.05) is 27.0 Å². The number of ether oxygens (including phenoxy) is 1. The van der Waals surface area contributed by atoms with E-state index in [0.717, 1.165) is 16.9 Å². The van der Waals surface area contributed by atoms with E-state index in [2.05, 4.69) is 15.5 Å². The van der Waals surface area contributed by atoms with Crippen LogP contribution >= 0.6 is 0 Å². The zero-order valence-electron chi connectivity index (χ0n) is 16.3. The molecule has 2 N–H and O–H groups in total. The van der Waals surface area contributed by atoms with Crippen LogP contribution in [0.25, 0.3) is 0 Å². The molecule has 0 aliphatic heterocycles. The van der Waals surface area contributed by atoms with Gasteiger partial charge in [-0.3, -0.25) is 14.5 Å².